The van der Waals surface area contributed by atoms with Crippen molar-refractivity contribution in [1.29, 1.82) is 0 Å². The summed E-state index contributed by atoms with van der Waals surface area (Å²) in [7, 11) is 0. The number of nitrogens with one attached hydrogen (secondary N) is 1. The second kappa shape index (κ2) is 7.89. The van der Waals surface area contributed by atoms with E-state index in [1.54, 1.807) is 12.2 Å². The summed E-state index contributed by atoms with van der Waals surface area (Å²) in [6.07, 6.45) is 3.64. The zero-order valence-corrected chi connectivity index (χ0v) is 12.3. The van der Waals surface area contributed by atoms with Gasteiger partial charge >= 0.3 is 5.97 Å². The Bertz CT molecular complexity index is 696. The molecule has 0 saturated carbocycles. The molecule has 118 valence electrons. The van der Waals surface area contributed by atoms with Crippen molar-refractivity contribution in [2.45, 2.75) is 12.5 Å². The first-order valence-corrected chi connectivity index (χ1v) is 7.07. The standard InChI is InChI=1S/C18H16FNO3/c19-15-11-9-14(10-12-15)17(21)20-16(18(22)23)8-4-7-13-5-2-1-3-6-13/h1-7,9-12,16H,8H2,(H,20,21)(H,22,23)/b7-4+/t16-/m0/s1. The van der Waals surface area contributed by atoms with Gasteiger partial charge in [0, 0.05) is 5.56 Å². The van der Waals surface area contributed by atoms with Crippen LogP contribution in [-0.2, 0) is 4.79 Å². The van der Waals surface area contributed by atoms with Gasteiger partial charge in [-0.25, -0.2) is 9.18 Å². The van der Waals surface area contributed by atoms with E-state index in [-0.39, 0.29) is 12.0 Å². The summed E-state index contributed by atoms with van der Waals surface area (Å²) in [4.78, 5) is 23.2. The smallest absolute Gasteiger partial charge is 0.326 e. The number of halogens is 1. The lowest BCUT2D eigenvalue weighted by atomic mass is 10.1. The number of carboxylic acids is 1. The van der Waals surface area contributed by atoms with Crippen molar-refractivity contribution in [3.05, 3.63) is 77.6 Å². The van der Waals surface area contributed by atoms with Crippen LogP contribution in [0.3, 0.4) is 0 Å². The molecule has 0 aliphatic heterocycles. The number of hydrogen-bond donors (Lipinski definition) is 2. The van der Waals surface area contributed by atoms with Gasteiger partial charge in [0.15, 0.2) is 0 Å². The van der Waals surface area contributed by atoms with Crippen molar-refractivity contribution in [3.63, 3.8) is 0 Å². The molecular formula is C18H16FNO3. The Kier molecular flexibility index (Phi) is 5.63. The minimum absolute atomic E-state index is 0.150. The first-order chi connectivity index (χ1) is 11.1. The Balaban J connectivity index is 1.98. The van der Waals surface area contributed by atoms with Crippen LogP contribution in [0.1, 0.15) is 22.3 Å². The fourth-order valence-corrected chi connectivity index (χ4v) is 1.97. The van der Waals surface area contributed by atoms with Crippen molar-refractivity contribution >= 4 is 18.0 Å². The van der Waals surface area contributed by atoms with Gasteiger partial charge in [0.05, 0.1) is 0 Å². The number of amides is 1. The number of benzene rings is 2. The van der Waals surface area contributed by atoms with Gasteiger partial charge in [-0.15, -0.1) is 0 Å². The Hall–Kier alpha value is -2.95. The molecule has 2 aromatic rings. The number of hydrogen-bond acceptors (Lipinski definition) is 2. The van der Waals surface area contributed by atoms with E-state index in [1.165, 1.54) is 12.1 Å². The summed E-state index contributed by atoms with van der Waals surface area (Å²) < 4.78 is 12.8. The van der Waals surface area contributed by atoms with Crippen LogP contribution < -0.4 is 5.32 Å². The molecular weight excluding hydrogens is 297 g/mol. The number of carboxylic acid groups (broad SMARTS) is 1. The van der Waals surface area contributed by atoms with Crippen molar-refractivity contribution in [1.82, 2.24) is 5.32 Å². The van der Waals surface area contributed by atoms with E-state index in [9.17, 15) is 19.1 Å². The molecule has 2 aromatic carbocycles. The Morgan fingerprint density at radius 1 is 1.09 bits per heavy atom. The second-order valence-electron chi connectivity index (χ2n) is 4.92. The highest BCUT2D eigenvalue weighted by molar-refractivity contribution is 5.96. The van der Waals surface area contributed by atoms with Gasteiger partial charge in [-0.2, -0.15) is 0 Å². The SMILES string of the molecule is O=C(N[C@@H](C/C=C/c1ccccc1)C(=O)O)c1ccc(F)cc1. The normalized spacial score (nSPS) is 12.0. The fraction of sp³-hybridized carbons (Fsp3) is 0.111. The highest BCUT2D eigenvalue weighted by Crippen LogP contribution is 2.06. The molecule has 0 spiro atoms. The molecule has 0 unspecified atom stereocenters. The first-order valence-electron chi connectivity index (χ1n) is 7.07. The third kappa shape index (κ3) is 5.07. The van der Waals surface area contributed by atoms with E-state index in [4.69, 9.17) is 0 Å². The molecule has 2 rings (SSSR count). The summed E-state index contributed by atoms with van der Waals surface area (Å²) in [5.41, 5.74) is 1.16. The Labute approximate surface area is 133 Å². The van der Waals surface area contributed by atoms with Gasteiger partial charge in [-0.05, 0) is 36.2 Å². The van der Waals surface area contributed by atoms with E-state index >= 15 is 0 Å². The molecule has 0 aliphatic rings. The molecule has 1 atom stereocenters. The van der Waals surface area contributed by atoms with Gasteiger partial charge in [0.1, 0.15) is 11.9 Å². The van der Waals surface area contributed by atoms with Crippen LogP contribution in [0.15, 0.2) is 60.7 Å². The maximum Gasteiger partial charge on any atom is 0.326 e. The maximum atomic E-state index is 12.8. The van der Waals surface area contributed by atoms with Crippen LogP contribution in [0.4, 0.5) is 4.39 Å². The molecule has 0 heterocycles. The van der Waals surface area contributed by atoms with Crippen LogP contribution in [-0.4, -0.2) is 23.0 Å². The van der Waals surface area contributed by atoms with E-state index in [0.29, 0.717) is 0 Å². The largest absolute Gasteiger partial charge is 0.480 e. The Morgan fingerprint density at radius 3 is 2.35 bits per heavy atom. The van der Waals surface area contributed by atoms with Crippen molar-refractivity contribution < 1.29 is 19.1 Å². The van der Waals surface area contributed by atoms with E-state index in [2.05, 4.69) is 5.32 Å². The van der Waals surface area contributed by atoms with Gasteiger partial charge in [0.2, 0.25) is 0 Å². The molecule has 0 bridgehead atoms. The summed E-state index contributed by atoms with van der Waals surface area (Å²) >= 11 is 0. The number of carbonyl (C=O) groups excluding carboxylic acids is 1. The molecule has 0 aromatic heterocycles. The fourth-order valence-electron chi connectivity index (χ4n) is 1.97. The maximum absolute atomic E-state index is 12.8. The van der Waals surface area contributed by atoms with Crippen molar-refractivity contribution in [2.75, 3.05) is 0 Å². The summed E-state index contributed by atoms with van der Waals surface area (Å²) in [5, 5.41) is 11.6. The highest BCUT2D eigenvalue weighted by Gasteiger charge is 2.19. The number of rotatable bonds is 6. The zero-order valence-electron chi connectivity index (χ0n) is 12.3. The van der Waals surface area contributed by atoms with Crippen LogP contribution in [0.2, 0.25) is 0 Å². The minimum Gasteiger partial charge on any atom is -0.480 e. The van der Waals surface area contributed by atoms with Crippen molar-refractivity contribution in [2.24, 2.45) is 0 Å². The van der Waals surface area contributed by atoms with Gasteiger partial charge < -0.3 is 10.4 Å². The molecule has 0 saturated heterocycles. The van der Waals surface area contributed by atoms with Crippen LogP contribution in [0.25, 0.3) is 6.08 Å². The van der Waals surface area contributed by atoms with Gasteiger partial charge in [0.25, 0.3) is 5.91 Å². The molecule has 2 N–H and O–H groups in total. The van der Waals surface area contributed by atoms with Gasteiger partial charge in [-0.3, -0.25) is 4.79 Å². The third-order valence-electron chi connectivity index (χ3n) is 3.19. The monoisotopic (exact) mass is 313 g/mol. The molecule has 5 heteroatoms. The Morgan fingerprint density at radius 2 is 1.74 bits per heavy atom. The predicted molar refractivity (Wildman–Crippen MR) is 85.4 cm³/mol. The topological polar surface area (TPSA) is 66.4 Å². The summed E-state index contributed by atoms with van der Waals surface area (Å²) in [6, 6.07) is 13.3. The van der Waals surface area contributed by atoms with E-state index < -0.39 is 23.7 Å². The van der Waals surface area contributed by atoms with Gasteiger partial charge in [-0.1, -0.05) is 42.5 Å². The lowest BCUT2D eigenvalue weighted by molar-refractivity contribution is -0.139. The van der Waals surface area contributed by atoms with Crippen LogP contribution in [0, 0.1) is 5.82 Å². The lowest BCUT2D eigenvalue weighted by Crippen LogP contribution is -2.40. The summed E-state index contributed by atoms with van der Waals surface area (Å²) in [6.45, 7) is 0. The molecule has 23 heavy (non-hydrogen) atoms. The predicted octanol–water partition coefficient (Wildman–Crippen LogP) is 3.11. The third-order valence-corrected chi connectivity index (χ3v) is 3.19. The minimum atomic E-state index is -1.13. The number of carbonyl (C=O) groups is 2. The quantitative estimate of drug-likeness (QED) is 0.861. The lowest BCUT2D eigenvalue weighted by Gasteiger charge is -2.12. The second-order valence-corrected chi connectivity index (χ2v) is 4.92. The summed E-state index contributed by atoms with van der Waals surface area (Å²) in [5.74, 6) is -2.13. The van der Waals surface area contributed by atoms with E-state index in [1.807, 2.05) is 30.3 Å². The van der Waals surface area contributed by atoms with Crippen LogP contribution >= 0.6 is 0 Å². The molecule has 4 nitrogen and oxygen atoms in total. The molecule has 0 radical (unpaired) electrons. The molecule has 0 aliphatic carbocycles. The number of aliphatic carboxylic acids is 1. The average Bonchev–Trinajstić information content (AvgIpc) is 2.55. The zero-order chi connectivity index (χ0) is 16.7. The van der Waals surface area contributed by atoms with Crippen molar-refractivity contribution in [3.8, 4) is 0 Å². The molecule has 1 amide bonds. The van der Waals surface area contributed by atoms with Crippen LogP contribution in [0.5, 0.6) is 0 Å². The van der Waals surface area contributed by atoms with E-state index in [0.717, 1.165) is 17.7 Å². The molecule has 0 fully saturated rings. The first kappa shape index (κ1) is 16.4. The average molecular weight is 313 g/mol. The highest BCUT2D eigenvalue weighted by atomic mass is 19.1.